The zero-order chi connectivity index (χ0) is 29.3. The van der Waals surface area contributed by atoms with Gasteiger partial charge < -0.3 is 34.9 Å². The molecule has 4 aromatic heterocycles. The van der Waals surface area contributed by atoms with Gasteiger partial charge in [0.25, 0.3) is 0 Å². The number of aromatic carboxylic acids is 1. The van der Waals surface area contributed by atoms with E-state index < -0.39 is 34.7 Å². The van der Waals surface area contributed by atoms with Crippen LogP contribution in [0.3, 0.4) is 0 Å². The van der Waals surface area contributed by atoms with Crippen LogP contribution in [-0.4, -0.2) is 87.0 Å². The van der Waals surface area contributed by atoms with E-state index in [1.54, 1.807) is 20.3 Å². The number of nitrogens with zero attached hydrogens (tertiary/aromatic N) is 5. The molecular weight excluding hydrogens is 536 g/mol. The number of carboxylic acid groups (broad SMARTS) is 1. The molecule has 0 radical (unpaired) electrons. The highest BCUT2D eigenvalue weighted by atomic mass is 19.2. The molecular formula is C28H27F2N7O4. The maximum absolute atomic E-state index is 15.5. The van der Waals surface area contributed by atoms with Crippen LogP contribution >= 0.6 is 0 Å². The van der Waals surface area contributed by atoms with Gasteiger partial charge in [0.15, 0.2) is 11.6 Å². The predicted molar refractivity (Wildman–Crippen MR) is 152 cm³/mol. The molecule has 4 N–H and O–H groups in total. The fraction of sp³-hybridized carbons (Fsp3) is 0.286. The highest BCUT2D eigenvalue weighted by molar-refractivity contribution is 6.18. The van der Waals surface area contributed by atoms with Gasteiger partial charge in [-0.25, -0.2) is 23.5 Å². The molecule has 1 aliphatic heterocycles. The van der Waals surface area contributed by atoms with Gasteiger partial charge in [-0.1, -0.05) is 0 Å². The smallest absolute Gasteiger partial charge is 0.341 e. The van der Waals surface area contributed by atoms with E-state index in [1.807, 2.05) is 23.9 Å². The first kappa shape index (κ1) is 26.6. The Morgan fingerprint density at radius 2 is 1.93 bits per heavy atom. The number of β-amino-alcohol motifs (C(OH)–C–C–N with tert-alkyl or cyclic N) is 1. The molecule has 0 saturated carbocycles. The monoisotopic (exact) mass is 563 g/mol. The van der Waals surface area contributed by atoms with Crippen LogP contribution < -0.4 is 15.6 Å². The standard InChI is InChI=1S/C28H27F2N7O4/c1-31-17-6-16(29)22(30)20-21-24(37-10-18(35(2)3)19(38)11-37)14(8-32-26(21)34-23(17)20)12-5-13-25(39)15(28(40)41)9-36(4)27(13)33-7-12/h5-9,18-19,31,38H,10-11H2,1-4H3,(H,32,34)(H,40,41)/t18-,19+/m1/s1. The lowest BCUT2D eigenvalue weighted by atomic mass is 10.0. The summed E-state index contributed by atoms with van der Waals surface area (Å²) in [6.07, 6.45) is 3.55. The van der Waals surface area contributed by atoms with Gasteiger partial charge >= 0.3 is 5.97 Å². The Morgan fingerprint density at radius 1 is 1.17 bits per heavy atom. The molecule has 1 aliphatic rings. The number of aliphatic hydroxyl groups excluding tert-OH is 1. The van der Waals surface area contributed by atoms with E-state index in [9.17, 15) is 24.2 Å². The van der Waals surface area contributed by atoms with Crippen LogP contribution in [0.2, 0.25) is 0 Å². The van der Waals surface area contributed by atoms with Crippen molar-refractivity contribution in [2.24, 2.45) is 7.05 Å². The van der Waals surface area contributed by atoms with E-state index >= 15 is 4.39 Å². The number of halogens is 2. The second-order valence-corrected chi connectivity index (χ2v) is 10.5. The van der Waals surface area contributed by atoms with Gasteiger partial charge in [0.2, 0.25) is 5.43 Å². The van der Waals surface area contributed by atoms with Crippen molar-refractivity contribution in [3.8, 4) is 11.1 Å². The Bertz CT molecular complexity index is 1950. The number of rotatable bonds is 5. The number of anilines is 2. The van der Waals surface area contributed by atoms with E-state index in [0.29, 0.717) is 45.6 Å². The Morgan fingerprint density at radius 3 is 2.59 bits per heavy atom. The quantitative estimate of drug-likeness (QED) is 0.254. The van der Waals surface area contributed by atoms with Crippen LogP contribution in [0, 0.1) is 11.6 Å². The van der Waals surface area contributed by atoms with Gasteiger partial charge in [0, 0.05) is 63.0 Å². The van der Waals surface area contributed by atoms with Crippen molar-refractivity contribution in [3.05, 3.63) is 58.1 Å². The van der Waals surface area contributed by atoms with Crippen LogP contribution in [-0.2, 0) is 7.05 Å². The van der Waals surface area contributed by atoms with Crippen LogP contribution in [0.1, 0.15) is 10.4 Å². The molecule has 11 nitrogen and oxygen atoms in total. The number of likely N-dealkylation sites (N-methyl/N-ethyl adjacent to an activating group) is 1. The highest BCUT2D eigenvalue weighted by Gasteiger charge is 2.36. The number of aromatic amines is 1. The molecule has 5 heterocycles. The van der Waals surface area contributed by atoms with Crippen molar-refractivity contribution < 1.29 is 23.8 Å². The summed E-state index contributed by atoms with van der Waals surface area (Å²) in [5.74, 6) is -3.45. The number of pyridine rings is 3. The number of carboxylic acids is 1. The molecule has 5 aromatic rings. The van der Waals surface area contributed by atoms with Crippen LogP contribution in [0.4, 0.5) is 20.2 Å². The lowest BCUT2D eigenvalue weighted by Gasteiger charge is -2.25. The minimum Gasteiger partial charge on any atom is -0.477 e. The van der Waals surface area contributed by atoms with Crippen molar-refractivity contribution in [3.63, 3.8) is 0 Å². The Hall–Kier alpha value is -4.62. The van der Waals surface area contributed by atoms with Crippen LogP contribution in [0.15, 0.2) is 35.5 Å². The molecule has 13 heteroatoms. The number of hydrogen-bond donors (Lipinski definition) is 4. The molecule has 212 valence electrons. The van der Waals surface area contributed by atoms with E-state index in [0.717, 1.165) is 6.07 Å². The highest BCUT2D eigenvalue weighted by Crippen LogP contribution is 2.44. The Labute approximate surface area is 231 Å². The number of nitrogens with one attached hydrogen (secondary N) is 2. The fourth-order valence-corrected chi connectivity index (χ4v) is 5.80. The van der Waals surface area contributed by atoms with Crippen LogP contribution in [0.5, 0.6) is 0 Å². The van der Waals surface area contributed by atoms with E-state index in [-0.39, 0.29) is 29.0 Å². The maximum Gasteiger partial charge on any atom is 0.341 e. The van der Waals surface area contributed by atoms with Gasteiger partial charge in [-0.05, 0) is 20.2 Å². The average molecular weight is 564 g/mol. The third-order valence-electron chi connectivity index (χ3n) is 7.83. The summed E-state index contributed by atoms with van der Waals surface area (Å²) in [5.41, 5.74) is 1.51. The minimum absolute atomic E-state index is 0.00526. The van der Waals surface area contributed by atoms with Crippen molar-refractivity contribution in [1.82, 2.24) is 24.4 Å². The number of aromatic nitrogens is 4. The summed E-state index contributed by atoms with van der Waals surface area (Å²) in [4.78, 5) is 40.7. The maximum atomic E-state index is 15.5. The van der Waals surface area contributed by atoms with E-state index in [4.69, 9.17) is 0 Å². The largest absolute Gasteiger partial charge is 0.477 e. The van der Waals surface area contributed by atoms with Crippen molar-refractivity contribution in [2.75, 3.05) is 44.4 Å². The van der Waals surface area contributed by atoms with Gasteiger partial charge in [0.05, 0.1) is 45.2 Å². The van der Waals surface area contributed by atoms with Gasteiger partial charge in [-0.2, -0.15) is 0 Å². The lowest BCUT2D eigenvalue weighted by Crippen LogP contribution is -2.38. The molecule has 1 saturated heterocycles. The SMILES string of the molecule is CNc1cc(F)c(F)c2c1[nH]c1ncc(-c3cnc4c(c3)c(=O)c(C(=O)O)cn4C)c(N3C[C@@H](N(C)C)[C@@H](O)C3)c12. The summed E-state index contributed by atoms with van der Waals surface area (Å²) in [6, 6.07) is 2.36. The number of aryl methyl sites for hydroxylation is 1. The van der Waals surface area contributed by atoms with Crippen molar-refractivity contribution >= 4 is 50.3 Å². The van der Waals surface area contributed by atoms with Gasteiger partial charge in [-0.3, -0.25) is 4.79 Å². The van der Waals surface area contributed by atoms with E-state index in [1.165, 1.54) is 23.0 Å². The number of aliphatic hydroxyl groups is 1. The minimum atomic E-state index is -1.36. The van der Waals surface area contributed by atoms with Crippen molar-refractivity contribution in [1.29, 1.82) is 0 Å². The van der Waals surface area contributed by atoms with E-state index in [2.05, 4.69) is 20.3 Å². The molecule has 1 fully saturated rings. The lowest BCUT2D eigenvalue weighted by molar-refractivity contribution is 0.0695. The topological polar surface area (TPSA) is 140 Å². The molecule has 0 bridgehead atoms. The zero-order valence-corrected chi connectivity index (χ0v) is 22.7. The number of carbonyl (C=O) groups is 1. The second-order valence-electron chi connectivity index (χ2n) is 10.5. The third kappa shape index (κ3) is 3.99. The van der Waals surface area contributed by atoms with Gasteiger partial charge in [-0.15, -0.1) is 0 Å². The van der Waals surface area contributed by atoms with Crippen molar-refractivity contribution in [2.45, 2.75) is 12.1 Å². The number of H-pyrrole nitrogens is 1. The second kappa shape index (κ2) is 9.49. The first-order valence-corrected chi connectivity index (χ1v) is 12.8. The Kier molecular flexibility index (Phi) is 6.16. The summed E-state index contributed by atoms with van der Waals surface area (Å²) in [5, 5.41) is 23.7. The summed E-state index contributed by atoms with van der Waals surface area (Å²) in [7, 11) is 6.89. The molecule has 41 heavy (non-hydrogen) atoms. The molecule has 0 aliphatic carbocycles. The summed E-state index contributed by atoms with van der Waals surface area (Å²) < 4.78 is 31.8. The zero-order valence-electron chi connectivity index (χ0n) is 22.7. The normalized spacial score (nSPS) is 17.4. The summed E-state index contributed by atoms with van der Waals surface area (Å²) >= 11 is 0. The average Bonchev–Trinajstić information content (AvgIpc) is 3.52. The first-order valence-electron chi connectivity index (χ1n) is 12.8. The number of hydrogen-bond acceptors (Lipinski definition) is 8. The van der Waals surface area contributed by atoms with Gasteiger partial charge in [0.1, 0.15) is 16.9 Å². The number of benzene rings is 1. The number of fused-ring (bicyclic) bond motifs is 4. The van der Waals surface area contributed by atoms with Crippen LogP contribution in [0.25, 0.3) is 44.1 Å². The molecule has 0 unspecified atom stereocenters. The predicted octanol–water partition coefficient (Wildman–Crippen LogP) is 2.76. The molecule has 0 spiro atoms. The fourth-order valence-electron chi connectivity index (χ4n) is 5.80. The molecule has 6 rings (SSSR count). The summed E-state index contributed by atoms with van der Waals surface area (Å²) in [6.45, 7) is 0.568. The molecule has 1 aromatic carbocycles. The molecule has 0 amide bonds. The third-order valence-corrected chi connectivity index (χ3v) is 7.83. The molecule has 2 atom stereocenters. The Balaban J connectivity index is 1.71. The first-order chi connectivity index (χ1) is 19.5.